The Kier molecular flexibility index (Phi) is 6.21. The van der Waals surface area contributed by atoms with Crippen LogP contribution in [0, 0.1) is 20.2 Å². The molecule has 146 valence electrons. The first kappa shape index (κ1) is 19.6. The number of benzene rings is 2. The summed E-state index contributed by atoms with van der Waals surface area (Å²) in [6, 6.07) is 16.9. The molecule has 0 aliphatic rings. The van der Waals surface area contributed by atoms with Crippen molar-refractivity contribution in [2.45, 2.75) is 12.8 Å². The number of hydrazone groups is 1. The van der Waals surface area contributed by atoms with E-state index in [1.807, 2.05) is 36.4 Å². The van der Waals surface area contributed by atoms with Gasteiger partial charge in [0.25, 0.3) is 5.69 Å². The van der Waals surface area contributed by atoms with E-state index in [0.29, 0.717) is 12.1 Å². The molecule has 2 aromatic carbocycles. The van der Waals surface area contributed by atoms with Crippen molar-refractivity contribution in [1.82, 2.24) is 4.98 Å². The summed E-state index contributed by atoms with van der Waals surface area (Å²) in [6.07, 6.45) is 4.60. The number of nitro groups is 2. The first-order valence-electron chi connectivity index (χ1n) is 8.74. The molecule has 0 bridgehead atoms. The summed E-state index contributed by atoms with van der Waals surface area (Å²) in [7, 11) is 0. The van der Waals surface area contributed by atoms with Crippen LogP contribution in [0.3, 0.4) is 0 Å². The fourth-order valence-electron chi connectivity index (χ4n) is 2.71. The predicted molar refractivity (Wildman–Crippen MR) is 109 cm³/mol. The number of aromatic nitrogens is 1. The summed E-state index contributed by atoms with van der Waals surface area (Å²) in [6.45, 7) is 0. The molecule has 3 rings (SSSR count). The Labute approximate surface area is 166 Å². The predicted octanol–water partition coefficient (Wildman–Crippen LogP) is 4.35. The monoisotopic (exact) mass is 391 g/mol. The molecule has 9 heteroatoms. The molecular formula is C20H17N5O4. The van der Waals surface area contributed by atoms with Gasteiger partial charge in [-0.15, -0.1) is 0 Å². The molecule has 1 N–H and O–H groups in total. The lowest BCUT2D eigenvalue weighted by atomic mass is 10.0. The molecule has 0 fully saturated rings. The fraction of sp³-hybridized carbons (Fsp3) is 0.100. The maximum atomic E-state index is 11.3. The summed E-state index contributed by atoms with van der Waals surface area (Å²) in [5.41, 5.74) is 4.55. The van der Waals surface area contributed by atoms with Gasteiger partial charge < -0.3 is 0 Å². The zero-order chi connectivity index (χ0) is 20.6. The summed E-state index contributed by atoms with van der Waals surface area (Å²) in [5, 5.41) is 26.5. The minimum Gasteiger partial charge on any atom is -0.271 e. The lowest BCUT2D eigenvalue weighted by Crippen LogP contribution is -2.07. The van der Waals surface area contributed by atoms with Gasteiger partial charge in [0, 0.05) is 24.0 Å². The molecule has 0 unspecified atom stereocenters. The lowest BCUT2D eigenvalue weighted by molar-refractivity contribution is -0.393. The second kappa shape index (κ2) is 9.18. The molecule has 0 saturated heterocycles. The fourth-order valence-corrected chi connectivity index (χ4v) is 2.71. The maximum absolute atomic E-state index is 11.3. The second-order valence-electron chi connectivity index (χ2n) is 6.11. The largest absolute Gasteiger partial charge is 0.301 e. The van der Waals surface area contributed by atoms with Crippen molar-refractivity contribution >= 4 is 22.8 Å². The van der Waals surface area contributed by atoms with E-state index in [9.17, 15) is 20.2 Å². The van der Waals surface area contributed by atoms with Gasteiger partial charge in [0.15, 0.2) is 0 Å². The van der Waals surface area contributed by atoms with Gasteiger partial charge >= 0.3 is 5.69 Å². The zero-order valence-corrected chi connectivity index (χ0v) is 15.3. The molecule has 1 heterocycles. The number of hydrogen-bond donors (Lipinski definition) is 1. The van der Waals surface area contributed by atoms with Gasteiger partial charge in [-0.05, 0) is 30.5 Å². The second-order valence-corrected chi connectivity index (χ2v) is 6.11. The van der Waals surface area contributed by atoms with E-state index in [0.717, 1.165) is 23.6 Å². The van der Waals surface area contributed by atoms with Gasteiger partial charge in [-0.3, -0.25) is 30.6 Å². The van der Waals surface area contributed by atoms with Crippen molar-refractivity contribution in [3.05, 3.63) is 104 Å². The summed E-state index contributed by atoms with van der Waals surface area (Å²) < 4.78 is 0. The Balaban J connectivity index is 1.88. The Morgan fingerprint density at radius 2 is 1.79 bits per heavy atom. The number of nitrogens with one attached hydrogen (secondary N) is 1. The number of anilines is 1. The molecule has 0 radical (unpaired) electrons. The third kappa shape index (κ3) is 5.19. The zero-order valence-electron chi connectivity index (χ0n) is 15.3. The van der Waals surface area contributed by atoms with Gasteiger partial charge in [-0.25, -0.2) is 0 Å². The third-order valence-corrected chi connectivity index (χ3v) is 4.19. The molecular weight excluding hydrogens is 374 g/mol. The van der Waals surface area contributed by atoms with Crippen LogP contribution in [0.5, 0.6) is 0 Å². The van der Waals surface area contributed by atoms with Crippen molar-refractivity contribution in [1.29, 1.82) is 0 Å². The first-order valence-corrected chi connectivity index (χ1v) is 8.74. The molecule has 0 amide bonds. The van der Waals surface area contributed by atoms with E-state index >= 15 is 0 Å². The Morgan fingerprint density at radius 3 is 2.45 bits per heavy atom. The van der Waals surface area contributed by atoms with Gasteiger partial charge in [0.1, 0.15) is 5.69 Å². The molecule has 0 atom stereocenters. The topological polar surface area (TPSA) is 124 Å². The lowest BCUT2D eigenvalue weighted by Gasteiger charge is -2.08. The van der Waals surface area contributed by atoms with Crippen LogP contribution >= 0.6 is 0 Å². The molecule has 3 aromatic rings. The molecule has 1 aromatic heterocycles. The van der Waals surface area contributed by atoms with Crippen LogP contribution in [0.25, 0.3) is 0 Å². The van der Waals surface area contributed by atoms with Crippen molar-refractivity contribution in [3.8, 4) is 0 Å². The molecule has 0 spiro atoms. The maximum Gasteiger partial charge on any atom is 0.301 e. The highest BCUT2D eigenvalue weighted by molar-refractivity contribution is 6.00. The van der Waals surface area contributed by atoms with E-state index in [4.69, 9.17) is 0 Å². The smallest absolute Gasteiger partial charge is 0.271 e. The number of hydrogen-bond acceptors (Lipinski definition) is 7. The van der Waals surface area contributed by atoms with E-state index in [-0.39, 0.29) is 11.4 Å². The van der Waals surface area contributed by atoms with E-state index in [1.54, 1.807) is 18.5 Å². The van der Waals surface area contributed by atoms with Crippen molar-refractivity contribution < 1.29 is 9.85 Å². The van der Waals surface area contributed by atoms with Crippen LogP contribution in [0.4, 0.5) is 17.1 Å². The SMILES string of the molecule is O=[N+]([O-])c1ccc(N/N=C(\CCc2ccccc2)c2cccnc2)c([N+](=O)[O-])c1. The number of nitrogens with zero attached hydrogens (tertiary/aromatic N) is 4. The van der Waals surface area contributed by atoms with Crippen molar-refractivity contribution in [2.24, 2.45) is 5.10 Å². The highest BCUT2D eigenvalue weighted by Crippen LogP contribution is 2.29. The van der Waals surface area contributed by atoms with Gasteiger partial charge in [-0.1, -0.05) is 36.4 Å². The third-order valence-electron chi connectivity index (χ3n) is 4.19. The summed E-state index contributed by atoms with van der Waals surface area (Å²) in [5.74, 6) is 0. The van der Waals surface area contributed by atoms with Crippen LogP contribution in [0.15, 0.2) is 78.2 Å². The van der Waals surface area contributed by atoms with E-state index in [1.165, 1.54) is 12.1 Å². The first-order chi connectivity index (χ1) is 14.0. The molecule has 0 aliphatic heterocycles. The van der Waals surface area contributed by atoms with Gasteiger partial charge in [0.2, 0.25) is 0 Å². The molecule has 0 saturated carbocycles. The van der Waals surface area contributed by atoms with Crippen LogP contribution in [0.2, 0.25) is 0 Å². The number of aryl methyl sites for hydroxylation is 1. The molecule has 9 nitrogen and oxygen atoms in total. The minimum absolute atomic E-state index is 0.0710. The van der Waals surface area contributed by atoms with E-state index in [2.05, 4.69) is 15.5 Å². The summed E-state index contributed by atoms with van der Waals surface area (Å²) >= 11 is 0. The summed E-state index contributed by atoms with van der Waals surface area (Å²) in [4.78, 5) is 24.9. The highest BCUT2D eigenvalue weighted by Gasteiger charge is 2.19. The van der Waals surface area contributed by atoms with Crippen LogP contribution < -0.4 is 5.43 Å². The van der Waals surface area contributed by atoms with Gasteiger partial charge in [-0.2, -0.15) is 5.10 Å². The van der Waals surface area contributed by atoms with Crippen molar-refractivity contribution in [2.75, 3.05) is 5.43 Å². The van der Waals surface area contributed by atoms with Crippen LogP contribution in [-0.4, -0.2) is 20.5 Å². The normalized spacial score (nSPS) is 11.1. The number of rotatable bonds is 8. The van der Waals surface area contributed by atoms with E-state index < -0.39 is 15.5 Å². The highest BCUT2D eigenvalue weighted by atomic mass is 16.6. The Morgan fingerprint density at radius 1 is 1.00 bits per heavy atom. The van der Waals surface area contributed by atoms with Crippen molar-refractivity contribution in [3.63, 3.8) is 0 Å². The standard InChI is InChI=1S/C20H17N5O4/c26-24(27)17-9-11-19(20(13-17)25(28)29)23-22-18(16-7-4-12-21-14-16)10-8-15-5-2-1-3-6-15/h1-7,9,11-14,23H,8,10H2/b22-18+. The average molecular weight is 391 g/mol. The minimum atomic E-state index is -0.682. The number of non-ortho nitro benzene ring substituents is 1. The van der Waals surface area contributed by atoms with Gasteiger partial charge in [0.05, 0.1) is 21.6 Å². The van der Waals surface area contributed by atoms with Crippen LogP contribution in [0.1, 0.15) is 17.5 Å². The number of pyridine rings is 1. The molecule has 29 heavy (non-hydrogen) atoms. The Bertz CT molecular complexity index is 1040. The Hall–Kier alpha value is -4.14. The average Bonchev–Trinajstić information content (AvgIpc) is 2.75. The van der Waals surface area contributed by atoms with Crippen LogP contribution in [-0.2, 0) is 6.42 Å². The number of nitro benzene ring substituents is 2. The molecule has 0 aliphatic carbocycles. The quantitative estimate of drug-likeness (QED) is 0.346.